The van der Waals surface area contributed by atoms with E-state index in [9.17, 15) is 0 Å². The third kappa shape index (κ3) is 5.79. The summed E-state index contributed by atoms with van der Waals surface area (Å²) in [5.41, 5.74) is -0.112. The molecule has 1 aliphatic rings. The van der Waals surface area contributed by atoms with Gasteiger partial charge in [-0.2, -0.15) is 0 Å². The van der Waals surface area contributed by atoms with Gasteiger partial charge in [-0.15, -0.1) is 0 Å². The molecule has 1 aliphatic heterocycles. The summed E-state index contributed by atoms with van der Waals surface area (Å²) in [6, 6.07) is 0. The first-order valence-corrected chi connectivity index (χ1v) is 9.57. The third-order valence-corrected chi connectivity index (χ3v) is 6.35. The van der Waals surface area contributed by atoms with Crippen LogP contribution in [0.2, 0.25) is 0 Å². The van der Waals surface area contributed by atoms with Crippen LogP contribution in [0.15, 0.2) is 0 Å². The maximum atomic E-state index is 6.11. The average Bonchev–Trinajstić information content (AvgIpc) is 3.18. The first-order chi connectivity index (χ1) is 9.57. The van der Waals surface area contributed by atoms with Crippen LogP contribution >= 0.6 is 0 Å². The molecule has 0 N–H and O–H groups in total. The van der Waals surface area contributed by atoms with Crippen molar-refractivity contribution in [1.82, 2.24) is 0 Å². The fourth-order valence-corrected chi connectivity index (χ4v) is 5.26. The van der Waals surface area contributed by atoms with Gasteiger partial charge in [0.05, 0.1) is 13.2 Å². The summed E-state index contributed by atoms with van der Waals surface area (Å²) < 4.78 is 29.3. The van der Waals surface area contributed by atoms with Crippen LogP contribution in [-0.4, -0.2) is 53.2 Å². The maximum Gasteiger partial charge on any atom is 0.531 e. The van der Waals surface area contributed by atoms with Gasteiger partial charge in [0.1, 0.15) is 11.8 Å². The van der Waals surface area contributed by atoms with Gasteiger partial charge in [0.15, 0.2) is 0 Å². The van der Waals surface area contributed by atoms with Crippen molar-refractivity contribution in [3.63, 3.8) is 0 Å². The topological polar surface area (TPSA) is 49.5 Å². The summed E-state index contributed by atoms with van der Waals surface area (Å²) in [5.74, 6) is 0. The summed E-state index contributed by atoms with van der Waals surface area (Å²) in [6.45, 7) is 12.6. The highest BCUT2D eigenvalue weighted by molar-refractivity contribution is 6.62. The molecular formula is C14H30O5Si. The van der Waals surface area contributed by atoms with Crippen molar-refractivity contribution in [1.29, 1.82) is 0 Å². The van der Waals surface area contributed by atoms with Crippen molar-refractivity contribution in [3.8, 4) is 0 Å². The highest BCUT2D eigenvalue weighted by Crippen LogP contribution is 2.25. The van der Waals surface area contributed by atoms with E-state index in [0.717, 1.165) is 19.4 Å². The van der Waals surface area contributed by atoms with E-state index in [0.29, 0.717) is 19.8 Å². The monoisotopic (exact) mass is 306 g/mol. The fraction of sp³-hybridized carbons (Fsp3) is 1.00. The normalized spacial score (nSPS) is 20.4. The van der Waals surface area contributed by atoms with Crippen molar-refractivity contribution in [2.45, 2.75) is 65.4 Å². The van der Waals surface area contributed by atoms with E-state index < -0.39 is 8.80 Å². The molecule has 5 nitrogen and oxygen atoms in total. The molecule has 0 saturated carbocycles. The number of ether oxygens (including phenoxy) is 2. The van der Waals surface area contributed by atoms with Gasteiger partial charge in [-0.25, -0.2) is 0 Å². The Hall–Kier alpha value is 0.0169. The van der Waals surface area contributed by atoms with Crippen LogP contribution < -0.4 is 0 Å². The zero-order valence-electron chi connectivity index (χ0n) is 13.5. The lowest BCUT2D eigenvalue weighted by Gasteiger charge is -2.36. The second-order valence-electron chi connectivity index (χ2n) is 5.20. The Labute approximate surface area is 124 Å². The summed E-state index contributed by atoms with van der Waals surface area (Å²) in [6.07, 6.45) is 2.18. The molecule has 0 aromatic rings. The fourth-order valence-electron chi connectivity index (χ4n) is 2.11. The lowest BCUT2D eigenvalue weighted by molar-refractivity contribution is -0.0294. The minimum Gasteiger partial charge on any atom is -0.372 e. The molecule has 6 heteroatoms. The second-order valence-corrected chi connectivity index (χ2v) is 7.87. The zero-order valence-corrected chi connectivity index (χ0v) is 14.5. The quantitative estimate of drug-likeness (QED) is 0.410. The molecule has 0 radical (unpaired) electrons. The number of rotatable bonds is 12. The predicted molar refractivity (Wildman–Crippen MR) is 79.6 cm³/mol. The Morgan fingerprint density at radius 3 is 2.15 bits per heavy atom. The Morgan fingerprint density at radius 1 is 1.15 bits per heavy atom. The molecule has 1 heterocycles. The smallest absolute Gasteiger partial charge is 0.372 e. The molecule has 0 aromatic carbocycles. The van der Waals surface area contributed by atoms with E-state index in [-0.39, 0.29) is 17.9 Å². The molecule has 0 bridgehead atoms. The van der Waals surface area contributed by atoms with Crippen LogP contribution in [0.3, 0.4) is 0 Å². The second kappa shape index (κ2) is 9.12. The summed E-state index contributed by atoms with van der Waals surface area (Å²) in [4.78, 5) is 0. The van der Waals surface area contributed by atoms with Crippen LogP contribution in [0.1, 0.15) is 47.5 Å². The van der Waals surface area contributed by atoms with E-state index in [2.05, 4.69) is 6.92 Å². The van der Waals surface area contributed by atoms with Gasteiger partial charge >= 0.3 is 8.80 Å². The van der Waals surface area contributed by atoms with Gasteiger partial charge in [-0.1, -0.05) is 13.3 Å². The molecule has 120 valence electrons. The van der Waals surface area contributed by atoms with Crippen molar-refractivity contribution in [2.24, 2.45) is 0 Å². The Morgan fingerprint density at radius 2 is 1.75 bits per heavy atom. The molecule has 1 rings (SSSR count). The molecule has 2 unspecified atom stereocenters. The molecule has 1 saturated heterocycles. The molecule has 1 fully saturated rings. The Balaban J connectivity index is 2.78. The molecule has 0 aliphatic carbocycles. The van der Waals surface area contributed by atoms with Crippen molar-refractivity contribution in [3.05, 3.63) is 0 Å². The molecule has 2 atom stereocenters. The van der Waals surface area contributed by atoms with Crippen molar-refractivity contribution in [2.75, 3.05) is 26.4 Å². The van der Waals surface area contributed by atoms with Gasteiger partial charge in [-0.05, 0) is 34.1 Å². The van der Waals surface area contributed by atoms with Gasteiger partial charge in [-0.3, -0.25) is 0 Å². The standard InChI is InChI=1S/C14H30O5Si/c1-6-9-14(16-11-13-10-15-13)20(17-7-2,18-8-3)19-12(4)5/h12-14H,6-11H2,1-5H3. The Kier molecular flexibility index (Phi) is 8.24. The molecule has 20 heavy (non-hydrogen) atoms. The van der Waals surface area contributed by atoms with E-state index >= 15 is 0 Å². The number of hydrogen-bond acceptors (Lipinski definition) is 5. The Bertz CT molecular complexity index is 252. The number of hydrogen-bond donors (Lipinski definition) is 0. The van der Waals surface area contributed by atoms with Crippen LogP contribution in [0.4, 0.5) is 0 Å². The van der Waals surface area contributed by atoms with Gasteiger partial charge < -0.3 is 22.8 Å². The highest BCUT2D eigenvalue weighted by atomic mass is 28.4. The van der Waals surface area contributed by atoms with Crippen molar-refractivity contribution >= 4 is 8.80 Å². The van der Waals surface area contributed by atoms with Gasteiger partial charge in [0.25, 0.3) is 0 Å². The molecule has 0 spiro atoms. The van der Waals surface area contributed by atoms with E-state index in [4.69, 9.17) is 22.8 Å². The average molecular weight is 306 g/mol. The first-order valence-electron chi connectivity index (χ1n) is 7.76. The van der Waals surface area contributed by atoms with Crippen LogP contribution in [0.25, 0.3) is 0 Å². The summed E-state index contributed by atoms with van der Waals surface area (Å²) >= 11 is 0. The van der Waals surface area contributed by atoms with Gasteiger partial charge in [0, 0.05) is 19.3 Å². The SMILES string of the molecule is CCCC(OCC1CO1)[Si](OCC)(OCC)OC(C)C. The molecule has 0 aromatic heterocycles. The first kappa shape index (κ1) is 18.1. The third-order valence-electron chi connectivity index (χ3n) is 2.92. The van der Waals surface area contributed by atoms with E-state index in [1.165, 1.54) is 0 Å². The van der Waals surface area contributed by atoms with Crippen molar-refractivity contribution < 1.29 is 22.8 Å². The summed E-state index contributed by atoms with van der Waals surface area (Å²) in [5, 5.41) is 0. The van der Waals surface area contributed by atoms with Crippen LogP contribution in [0, 0.1) is 0 Å². The van der Waals surface area contributed by atoms with E-state index in [1.807, 2.05) is 27.7 Å². The van der Waals surface area contributed by atoms with Crippen LogP contribution in [-0.2, 0) is 22.8 Å². The maximum absolute atomic E-state index is 6.11. The van der Waals surface area contributed by atoms with E-state index in [1.54, 1.807) is 0 Å². The lowest BCUT2D eigenvalue weighted by Crippen LogP contribution is -2.59. The highest BCUT2D eigenvalue weighted by Gasteiger charge is 2.51. The minimum absolute atomic E-state index is 0.0555. The van der Waals surface area contributed by atoms with Crippen LogP contribution in [0.5, 0.6) is 0 Å². The minimum atomic E-state index is -2.83. The predicted octanol–water partition coefficient (Wildman–Crippen LogP) is 2.55. The molecular weight excluding hydrogens is 276 g/mol. The largest absolute Gasteiger partial charge is 0.531 e. The molecule has 0 amide bonds. The number of epoxide rings is 1. The summed E-state index contributed by atoms with van der Waals surface area (Å²) in [7, 11) is -2.83. The lowest BCUT2D eigenvalue weighted by atomic mass is 10.3. The zero-order chi connectivity index (χ0) is 15.0. The van der Waals surface area contributed by atoms with Gasteiger partial charge in [0.2, 0.25) is 0 Å².